The van der Waals surface area contributed by atoms with Gasteiger partial charge in [-0.25, -0.2) is 0 Å². The Morgan fingerprint density at radius 3 is 2.60 bits per heavy atom. The normalized spacial score (nSPS) is 11.0. The predicted octanol–water partition coefficient (Wildman–Crippen LogP) is 2.67. The molecule has 2 amide bonds. The lowest BCUT2D eigenvalue weighted by atomic mass is 10.1. The Balaban J connectivity index is 2.33. The van der Waals surface area contributed by atoms with Crippen LogP contribution in [0.2, 0.25) is 0 Å². The summed E-state index contributed by atoms with van der Waals surface area (Å²) in [6.45, 7) is 9.67. The first kappa shape index (κ1) is 18.4. The van der Waals surface area contributed by atoms with E-state index in [4.69, 9.17) is 0 Å². The summed E-state index contributed by atoms with van der Waals surface area (Å²) in [6.07, 6.45) is 2.94. The fourth-order valence-corrected chi connectivity index (χ4v) is 2.35. The summed E-state index contributed by atoms with van der Waals surface area (Å²) < 4.78 is 1.71. The van der Waals surface area contributed by atoms with Crippen LogP contribution in [-0.2, 0) is 18.4 Å². The van der Waals surface area contributed by atoms with Crippen molar-refractivity contribution in [3.05, 3.63) is 60.4 Å². The van der Waals surface area contributed by atoms with Gasteiger partial charge in [0.25, 0.3) is 11.8 Å². The van der Waals surface area contributed by atoms with E-state index in [-0.39, 0.29) is 17.4 Å². The van der Waals surface area contributed by atoms with Gasteiger partial charge in [0, 0.05) is 30.0 Å². The minimum Gasteiger partial charge on any atom is -0.347 e. The van der Waals surface area contributed by atoms with E-state index in [0.29, 0.717) is 17.8 Å². The Labute approximate surface area is 148 Å². The molecule has 0 aliphatic heterocycles. The molecule has 0 radical (unpaired) electrons. The molecule has 6 nitrogen and oxygen atoms in total. The first-order valence-electron chi connectivity index (χ1n) is 8.04. The van der Waals surface area contributed by atoms with Crippen LogP contribution in [-0.4, -0.2) is 27.1 Å². The van der Waals surface area contributed by atoms with Crippen LogP contribution >= 0.6 is 0 Å². The van der Waals surface area contributed by atoms with Crippen LogP contribution in [0.5, 0.6) is 0 Å². The van der Waals surface area contributed by atoms with Crippen molar-refractivity contribution in [2.75, 3.05) is 4.90 Å². The molecule has 6 heteroatoms. The van der Waals surface area contributed by atoms with Gasteiger partial charge in [0.1, 0.15) is 0 Å². The zero-order valence-corrected chi connectivity index (χ0v) is 15.1. The summed E-state index contributed by atoms with van der Waals surface area (Å²) in [7, 11) is 1.82. The molecule has 1 aromatic heterocycles. The topological polar surface area (TPSA) is 67.2 Å². The smallest absolute Gasteiger partial charge is 0.251 e. The van der Waals surface area contributed by atoms with E-state index in [1.807, 2.05) is 33.9 Å². The Bertz CT molecular complexity index is 787. The molecular weight excluding hydrogens is 316 g/mol. The summed E-state index contributed by atoms with van der Waals surface area (Å²) in [4.78, 5) is 26.3. The third kappa shape index (κ3) is 4.79. The standard InChI is InChI=1S/C19H24N4O2/c1-6-17(24)23(13-16-10-11-20-22(16)5)15-9-7-8-14(12-15)18(25)21-19(2,3)4/h6-12H,1,13H2,2-5H3,(H,21,25). The zero-order chi connectivity index (χ0) is 18.6. The number of carbonyl (C=O) groups excluding carboxylic acids is 2. The second-order valence-corrected chi connectivity index (χ2v) is 6.83. The number of nitrogens with zero attached hydrogens (tertiary/aromatic N) is 3. The maximum atomic E-state index is 12.4. The molecule has 2 aromatic rings. The van der Waals surface area contributed by atoms with E-state index in [9.17, 15) is 9.59 Å². The van der Waals surface area contributed by atoms with E-state index >= 15 is 0 Å². The Hall–Kier alpha value is -2.89. The summed E-state index contributed by atoms with van der Waals surface area (Å²) in [5.41, 5.74) is 1.67. The summed E-state index contributed by atoms with van der Waals surface area (Å²) in [6, 6.07) is 8.84. The largest absolute Gasteiger partial charge is 0.347 e. The molecule has 0 bridgehead atoms. The molecule has 0 spiro atoms. The van der Waals surface area contributed by atoms with Gasteiger partial charge in [-0.3, -0.25) is 14.3 Å². The van der Waals surface area contributed by atoms with Crippen LogP contribution in [0.15, 0.2) is 49.2 Å². The van der Waals surface area contributed by atoms with Gasteiger partial charge in [-0.1, -0.05) is 12.6 Å². The maximum Gasteiger partial charge on any atom is 0.251 e. The van der Waals surface area contributed by atoms with Crippen LogP contribution in [0.25, 0.3) is 0 Å². The van der Waals surface area contributed by atoms with Crippen molar-refractivity contribution in [1.82, 2.24) is 15.1 Å². The minimum absolute atomic E-state index is 0.180. The van der Waals surface area contributed by atoms with Crippen molar-refractivity contribution < 1.29 is 9.59 Å². The maximum absolute atomic E-state index is 12.4. The number of carbonyl (C=O) groups is 2. The van der Waals surface area contributed by atoms with Crippen LogP contribution in [0.1, 0.15) is 36.8 Å². The van der Waals surface area contributed by atoms with Gasteiger partial charge in [-0.2, -0.15) is 5.10 Å². The monoisotopic (exact) mass is 340 g/mol. The first-order valence-corrected chi connectivity index (χ1v) is 8.04. The molecule has 0 fully saturated rings. The first-order chi connectivity index (χ1) is 11.7. The number of aromatic nitrogens is 2. The van der Waals surface area contributed by atoms with Gasteiger partial charge >= 0.3 is 0 Å². The van der Waals surface area contributed by atoms with Gasteiger partial charge in [-0.05, 0) is 51.1 Å². The molecule has 0 atom stereocenters. The fraction of sp³-hybridized carbons (Fsp3) is 0.316. The fourth-order valence-electron chi connectivity index (χ4n) is 2.35. The van der Waals surface area contributed by atoms with Crippen LogP contribution in [0.3, 0.4) is 0 Å². The lowest BCUT2D eigenvalue weighted by Gasteiger charge is -2.23. The van der Waals surface area contributed by atoms with Gasteiger partial charge < -0.3 is 10.2 Å². The number of anilines is 1. The van der Waals surface area contributed by atoms with Crippen LogP contribution in [0, 0.1) is 0 Å². The minimum atomic E-state index is -0.335. The van der Waals surface area contributed by atoms with Gasteiger partial charge in [0.2, 0.25) is 0 Å². The Kier molecular flexibility index (Phi) is 5.41. The molecule has 0 saturated heterocycles. The Morgan fingerprint density at radius 2 is 2.04 bits per heavy atom. The molecule has 132 valence electrons. The van der Waals surface area contributed by atoms with E-state index in [0.717, 1.165) is 5.69 Å². The van der Waals surface area contributed by atoms with Gasteiger partial charge in [-0.15, -0.1) is 0 Å². The molecule has 0 aliphatic rings. The van der Waals surface area contributed by atoms with E-state index in [1.54, 1.807) is 40.0 Å². The highest BCUT2D eigenvalue weighted by molar-refractivity contribution is 6.02. The lowest BCUT2D eigenvalue weighted by molar-refractivity contribution is -0.114. The predicted molar refractivity (Wildman–Crippen MR) is 98.3 cm³/mol. The third-order valence-corrected chi connectivity index (χ3v) is 3.59. The average molecular weight is 340 g/mol. The van der Waals surface area contributed by atoms with E-state index in [1.165, 1.54) is 6.08 Å². The highest BCUT2D eigenvalue weighted by atomic mass is 16.2. The highest BCUT2D eigenvalue weighted by Crippen LogP contribution is 2.20. The van der Waals surface area contributed by atoms with Crippen molar-refractivity contribution in [3.63, 3.8) is 0 Å². The van der Waals surface area contributed by atoms with E-state index < -0.39 is 0 Å². The van der Waals surface area contributed by atoms with Gasteiger partial charge in [0.15, 0.2) is 0 Å². The number of nitrogens with one attached hydrogen (secondary N) is 1. The second kappa shape index (κ2) is 7.34. The molecule has 25 heavy (non-hydrogen) atoms. The molecular formula is C19H24N4O2. The highest BCUT2D eigenvalue weighted by Gasteiger charge is 2.19. The summed E-state index contributed by atoms with van der Waals surface area (Å²) in [5, 5.41) is 7.05. The summed E-state index contributed by atoms with van der Waals surface area (Å²) in [5.74, 6) is -0.421. The zero-order valence-electron chi connectivity index (χ0n) is 15.1. The summed E-state index contributed by atoms with van der Waals surface area (Å²) >= 11 is 0. The number of amides is 2. The number of benzene rings is 1. The van der Waals surface area contributed by atoms with Crippen molar-refractivity contribution in [2.24, 2.45) is 7.05 Å². The lowest BCUT2D eigenvalue weighted by Crippen LogP contribution is -2.40. The van der Waals surface area contributed by atoms with Crippen molar-refractivity contribution >= 4 is 17.5 Å². The van der Waals surface area contributed by atoms with Crippen LogP contribution in [0.4, 0.5) is 5.69 Å². The molecule has 0 aliphatic carbocycles. The van der Waals surface area contributed by atoms with E-state index in [2.05, 4.69) is 17.0 Å². The molecule has 1 N–H and O–H groups in total. The van der Waals surface area contributed by atoms with Gasteiger partial charge in [0.05, 0.1) is 12.2 Å². The third-order valence-electron chi connectivity index (χ3n) is 3.59. The van der Waals surface area contributed by atoms with Crippen molar-refractivity contribution in [1.29, 1.82) is 0 Å². The number of hydrogen-bond acceptors (Lipinski definition) is 3. The SMILES string of the molecule is C=CC(=O)N(Cc1ccnn1C)c1cccc(C(=O)NC(C)(C)C)c1. The molecule has 0 saturated carbocycles. The van der Waals surface area contributed by atoms with Crippen molar-refractivity contribution in [2.45, 2.75) is 32.9 Å². The number of hydrogen-bond donors (Lipinski definition) is 1. The average Bonchev–Trinajstić information content (AvgIpc) is 2.95. The second-order valence-electron chi connectivity index (χ2n) is 6.83. The quantitative estimate of drug-likeness (QED) is 0.851. The van der Waals surface area contributed by atoms with Crippen LogP contribution < -0.4 is 10.2 Å². The molecule has 2 rings (SSSR count). The molecule has 1 heterocycles. The Morgan fingerprint density at radius 1 is 1.32 bits per heavy atom. The number of rotatable bonds is 5. The van der Waals surface area contributed by atoms with Crippen molar-refractivity contribution in [3.8, 4) is 0 Å². The molecule has 0 unspecified atom stereocenters. The number of aryl methyl sites for hydroxylation is 1. The molecule has 1 aromatic carbocycles.